The zero-order valence-corrected chi connectivity index (χ0v) is 11.4. The highest BCUT2D eigenvalue weighted by Gasteiger charge is 2.46. The molecule has 0 amide bonds. The smallest absolute Gasteiger partial charge is 0.266 e. The maximum absolute atomic E-state index is 12.9. The van der Waals surface area contributed by atoms with Gasteiger partial charge in [-0.15, -0.1) is 0 Å². The highest BCUT2D eigenvalue weighted by atomic mass is 32.2. The molecule has 0 heterocycles. The molecule has 3 nitrogen and oxygen atoms in total. The average molecular weight is 290 g/mol. The maximum Gasteiger partial charge on any atom is 0.296 e. The van der Waals surface area contributed by atoms with Crippen LogP contribution in [0.15, 0.2) is 29.2 Å². The molecular weight excluding hydrogens is 274 g/mol. The van der Waals surface area contributed by atoms with Gasteiger partial charge in [0.15, 0.2) is 0 Å². The second kappa shape index (κ2) is 5.17. The van der Waals surface area contributed by atoms with Gasteiger partial charge in [0.1, 0.15) is 0 Å². The zero-order valence-electron chi connectivity index (χ0n) is 10.6. The summed E-state index contributed by atoms with van der Waals surface area (Å²) in [6.07, 6.45) is -1.23. The average Bonchev–Trinajstić information content (AvgIpc) is 2.27. The molecule has 0 N–H and O–H groups in total. The topological polar surface area (TPSA) is 43.4 Å². The SMILES string of the molecule is Cc1ccc(S(=O)(=O)OCC2(C(F)F)CCC2)cc1. The lowest BCUT2D eigenvalue weighted by molar-refractivity contribution is -0.0849. The molecule has 1 aromatic carbocycles. The summed E-state index contributed by atoms with van der Waals surface area (Å²) < 4.78 is 54.4. The Morgan fingerprint density at radius 2 is 1.84 bits per heavy atom. The van der Waals surface area contributed by atoms with E-state index in [-0.39, 0.29) is 4.90 Å². The molecule has 1 aliphatic rings. The molecule has 2 rings (SSSR count). The van der Waals surface area contributed by atoms with Crippen molar-refractivity contribution in [1.82, 2.24) is 0 Å². The van der Waals surface area contributed by atoms with Crippen LogP contribution in [0.4, 0.5) is 8.78 Å². The van der Waals surface area contributed by atoms with E-state index in [1.165, 1.54) is 12.1 Å². The van der Waals surface area contributed by atoms with Crippen molar-refractivity contribution in [3.8, 4) is 0 Å². The minimum Gasteiger partial charge on any atom is -0.266 e. The van der Waals surface area contributed by atoms with Crippen LogP contribution in [-0.4, -0.2) is 21.5 Å². The largest absolute Gasteiger partial charge is 0.296 e. The van der Waals surface area contributed by atoms with Crippen molar-refractivity contribution < 1.29 is 21.4 Å². The molecule has 0 radical (unpaired) electrons. The third-order valence-corrected chi connectivity index (χ3v) is 4.90. The van der Waals surface area contributed by atoms with E-state index in [4.69, 9.17) is 4.18 Å². The van der Waals surface area contributed by atoms with Gasteiger partial charge in [0, 0.05) is 0 Å². The first-order chi connectivity index (χ1) is 8.86. The van der Waals surface area contributed by atoms with Crippen LogP contribution in [0, 0.1) is 12.3 Å². The summed E-state index contributed by atoms with van der Waals surface area (Å²) in [4.78, 5) is 0.00170. The van der Waals surface area contributed by atoms with Crippen LogP contribution in [0.2, 0.25) is 0 Å². The fourth-order valence-corrected chi connectivity index (χ4v) is 3.02. The fraction of sp³-hybridized carbons (Fsp3) is 0.538. The number of halogens is 2. The van der Waals surface area contributed by atoms with Crippen molar-refractivity contribution in [1.29, 1.82) is 0 Å². The zero-order chi connectivity index (χ0) is 14.1. The number of rotatable bonds is 5. The van der Waals surface area contributed by atoms with Gasteiger partial charge in [0.2, 0.25) is 6.43 Å². The summed E-state index contributed by atoms with van der Waals surface area (Å²) in [5.74, 6) is 0. The van der Waals surface area contributed by atoms with E-state index in [9.17, 15) is 17.2 Å². The highest BCUT2D eigenvalue weighted by molar-refractivity contribution is 7.86. The van der Waals surface area contributed by atoms with Crippen LogP contribution in [-0.2, 0) is 14.3 Å². The van der Waals surface area contributed by atoms with E-state index in [1.807, 2.05) is 6.92 Å². The van der Waals surface area contributed by atoms with Gasteiger partial charge in [-0.3, -0.25) is 4.18 Å². The van der Waals surface area contributed by atoms with Gasteiger partial charge in [-0.1, -0.05) is 24.1 Å². The lowest BCUT2D eigenvalue weighted by Crippen LogP contribution is -2.41. The predicted octanol–water partition coefficient (Wildman–Crippen LogP) is 3.14. The Balaban J connectivity index is 2.08. The summed E-state index contributed by atoms with van der Waals surface area (Å²) >= 11 is 0. The van der Waals surface area contributed by atoms with Crippen LogP contribution >= 0.6 is 0 Å². The third-order valence-electron chi connectivity index (χ3n) is 3.62. The van der Waals surface area contributed by atoms with E-state index >= 15 is 0 Å². The van der Waals surface area contributed by atoms with Crippen LogP contribution in [0.5, 0.6) is 0 Å². The van der Waals surface area contributed by atoms with Crippen LogP contribution in [0.25, 0.3) is 0 Å². The monoisotopic (exact) mass is 290 g/mol. The second-order valence-electron chi connectivity index (χ2n) is 5.05. The lowest BCUT2D eigenvalue weighted by Gasteiger charge is -2.40. The molecule has 0 saturated heterocycles. The van der Waals surface area contributed by atoms with E-state index in [0.717, 1.165) is 5.56 Å². The molecule has 0 unspecified atom stereocenters. The number of aryl methyl sites for hydroxylation is 1. The minimum absolute atomic E-state index is 0.00170. The predicted molar refractivity (Wildman–Crippen MR) is 66.6 cm³/mol. The number of alkyl halides is 2. The summed E-state index contributed by atoms with van der Waals surface area (Å²) in [7, 11) is -3.95. The molecule has 106 valence electrons. The molecule has 0 aliphatic heterocycles. The molecule has 0 atom stereocenters. The van der Waals surface area contributed by atoms with Gasteiger partial charge in [-0.25, -0.2) is 8.78 Å². The van der Waals surface area contributed by atoms with Crippen LogP contribution in [0.1, 0.15) is 24.8 Å². The summed E-state index contributed by atoms with van der Waals surface area (Å²) in [6, 6.07) is 6.12. The molecule has 6 heteroatoms. The maximum atomic E-state index is 12.9. The molecule has 1 aromatic rings. The van der Waals surface area contributed by atoms with Gasteiger partial charge in [0.05, 0.1) is 16.9 Å². The van der Waals surface area contributed by atoms with Gasteiger partial charge in [-0.2, -0.15) is 8.42 Å². The van der Waals surface area contributed by atoms with E-state index in [1.54, 1.807) is 12.1 Å². The van der Waals surface area contributed by atoms with E-state index in [2.05, 4.69) is 0 Å². The Hall–Kier alpha value is -1.01. The number of hydrogen-bond donors (Lipinski definition) is 0. The van der Waals surface area contributed by atoms with Crippen molar-refractivity contribution in [2.24, 2.45) is 5.41 Å². The Labute approximate surface area is 111 Å². The van der Waals surface area contributed by atoms with Crippen molar-refractivity contribution in [3.05, 3.63) is 29.8 Å². The first-order valence-corrected chi connectivity index (χ1v) is 7.51. The Morgan fingerprint density at radius 3 is 2.26 bits per heavy atom. The molecule has 1 fully saturated rings. The quantitative estimate of drug-likeness (QED) is 0.782. The first kappa shape index (κ1) is 14.4. The Morgan fingerprint density at radius 1 is 1.26 bits per heavy atom. The van der Waals surface area contributed by atoms with Crippen molar-refractivity contribution in [2.75, 3.05) is 6.61 Å². The molecular formula is C13H16F2O3S. The van der Waals surface area contributed by atoms with Crippen LogP contribution in [0.3, 0.4) is 0 Å². The standard InChI is InChI=1S/C13H16F2O3S/c1-10-3-5-11(6-4-10)19(16,17)18-9-13(12(14)15)7-2-8-13/h3-6,12H,2,7-9H2,1H3. The summed E-state index contributed by atoms with van der Waals surface area (Å²) in [5.41, 5.74) is -0.361. The highest BCUT2D eigenvalue weighted by Crippen LogP contribution is 2.46. The normalized spacial score (nSPS) is 18.3. The molecule has 0 bridgehead atoms. The van der Waals surface area contributed by atoms with Crippen molar-refractivity contribution in [2.45, 2.75) is 37.5 Å². The second-order valence-corrected chi connectivity index (χ2v) is 6.66. The van der Waals surface area contributed by atoms with Gasteiger partial charge in [0.25, 0.3) is 10.1 Å². The third kappa shape index (κ3) is 2.95. The van der Waals surface area contributed by atoms with Crippen molar-refractivity contribution >= 4 is 10.1 Å². The minimum atomic E-state index is -3.95. The van der Waals surface area contributed by atoms with Gasteiger partial charge in [-0.05, 0) is 31.9 Å². The molecule has 1 saturated carbocycles. The van der Waals surface area contributed by atoms with Gasteiger partial charge >= 0.3 is 0 Å². The summed E-state index contributed by atoms with van der Waals surface area (Å²) in [5, 5.41) is 0. The van der Waals surface area contributed by atoms with Crippen molar-refractivity contribution in [3.63, 3.8) is 0 Å². The molecule has 19 heavy (non-hydrogen) atoms. The van der Waals surface area contributed by atoms with Gasteiger partial charge < -0.3 is 0 Å². The molecule has 0 spiro atoms. The van der Waals surface area contributed by atoms with Crippen LogP contribution < -0.4 is 0 Å². The molecule has 1 aliphatic carbocycles. The number of hydrogen-bond acceptors (Lipinski definition) is 3. The first-order valence-electron chi connectivity index (χ1n) is 6.10. The summed E-state index contributed by atoms with van der Waals surface area (Å²) in [6.45, 7) is 1.39. The molecule has 0 aromatic heterocycles. The Kier molecular flexibility index (Phi) is 3.92. The fourth-order valence-electron chi connectivity index (χ4n) is 2.02. The number of benzene rings is 1. The Bertz CT molecular complexity index is 534. The lowest BCUT2D eigenvalue weighted by atomic mass is 9.70. The van der Waals surface area contributed by atoms with E-state index in [0.29, 0.717) is 19.3 Å². The van der Waals surface area contributed by atoms with E-state index < -0.39 is 28.6 Å².